The number of rotatable bonds is 3. The summed E-state index contributed by atoms with van der Waals surface area (Å²) in [6.07, 6.45) is 0. The lowest BCUT2D eigenvalue weighted by molar-refractivity contribution is 0.415. The molecule has 0 aliphatic carbocycles. The van der Waals surface area contributed by atoms with E-state index in [9.17, 15) is 4.79 Å². The molecule has 0 aliphatic heterocycles. The van der Waals surface area contributed by atoms with E-state index in [-0.39, 0.29) is 5.56 Å². The van der Waals surface area contributed by atoms with Crippen LogP contribution in [0.25, 0.3) is 22.0 Å². The molecule has 3 heteroatoms. The smallest absolute Gasteiger partial charge is 0.258 e. The van der Waals surface area contributed by atoms with E-state index in [0.717, 1.165) is 27.8 Å². The van der Waals surface area contributed by atoms with Crippen LogP contribution in [0.15, 0.2) is 59.4 Å². The maximum Gasteiger partial charge on any atom is 0.258 e. The van der Waals surface area contributed by atoms with E-state index in [2.05, 4.69) is 0 Å². The summed E-state index contributed by atoms with van der Waals surface area (Å²) in [5, 5.41) is 1.07. The van der Waals surface area contributed by atoms with Gasteiger partial charge in [-0.1, -0.05) is 30.3 Å². The Morgan fingerprint density at radius 2 is 1.76 bits per heavy atom. The third-order valence-electron chi connectivity index (χ3n) is 3.72. The molecule has 3 aromatic rings. The van der Waals surface area contributed by atoms with Gasteiger partial charge in [0, 0.05) is 12.1 Å². The van der Waals surface area contributed by atoms with Crippen LogP contribution in [0.3, 0.4) is 0 Å². The topological polar surface area (TPSA) is 31.2 Å². The van der Waals surface area contributed by atoms with E-state index >= 15 is 0 Å². The number of hydrogen-bond acceptors (Lipinski definition) is 2. The monoisotopic (exact) mass is 279 g/mol. The largest absolute Gasteiger partial charge is 0.497 e. The minimum atomic E-state index is 0.0429. The molecule has 106 valence electrons. The summed E-state index contributed by atoms with van der Waals surface area (Å²) in [6, 6.07) is 17.5. The van der Waals surface area contributed by atoms with E-state index in [1.165, 1.54) is 0 Å². The second-order valence-corrected chi connectivity index (χ2v) is 4.89. The van der Waals surface area contributed by atoms with Crippen molar-refractivity contribution in [1.29, 1.82) is 0 Å². The average molecular weight is 279 g/mol. The lowest BCUT2D eigenvalue weighted by atomic mass is 10.0. The Bertz CT molecular complexity index is 832. The van der Waals surface area contributed by atoms with E-state index in [1.54, 1.807) is 7.11 Å². The van der Waals surface area contributed by atoms with Crippen LogP contribution in [0.2, 0.25) is 0 Å². The van der Waals surface area contributed by atoms with Gasteiger partial charge in [0.25, 0.3) is 5.56 Å². The van der Waals surface area contributed by atoms with E-state index in [4.69, 9.17) is 4.74 Å². The van der Waals surface area contributed by atoms with Gasteiger partial charge < -0.3 is 9.30 Å². The summed E-state index contributed by atoms with van der Waals surface area (Å²) >= 11 is 0. The van der Waals surface area contributed by atoms with Crippen molar-refractivity contribution in [1.82, 2.24) is 4.57 Å². The van der Waals surface area contributed by atoms with Gasteiger partial charge in [-0.25, -0.2) is 0 Å². The number of aryl methyl sites for hydroxylation is 1. The molecule has 1 heterocycles. The molecule has 0 spiro atoms. The van der Waals surface area contributed by atoms with Gasteiger partial charge in [-0.3, -0.25) is 4.79 Å². The quantitative estimate of drug-likeness (QED) is 0.732. The van der Waals surface area contributed by atoms with Gasteiger partial charge in [0.05, 0.1) is 12.6 Å². The number of methoxy groups -OCH3 is 1. The fourth-order valence-corrected chi connectivity index (χ4v) is 2.62. The molecule has 0 radical (unpaired) electrons. The molecule has 0 saturated carbocycles. The molecule has 0 N–H and O–H groups in total. The van der Waals surface area contributed by atoms with E-state index in [0.29, 0.717) is 6.54 Å². The van der Waals surface area contributed by atoms with Gasteiger partial charge in [0.15, 0.2) is 0 Å². The Kier molecular flexibility index (Phi) is 3.48. The molecule has 1 aromatic heterocycles. The van der Waals surface area contributed by atoms with E-state index < -0.39 is 0 Å². The lowest BCUT2D eigenvalue weighted by Gasteiger charge is -2.11. The van der Waals surface area contributed by atoms with Gasteiger partial charge in [-0.05, 0) is 42.1 Å². The van der Waals surface area contributed by atoms with Crippen molar-refractivity contribution in [2.45, 2.75) is 13.5 Å². The van der Waals surface area contributed by atoms with Crippen molar-refractivity contribution in [3.8, 4) is 16.9 Å². The number of nitrogens with zero attached hydrogens (tertiary/aromatic N) is 1. The lowest BCUT2D eigenvalue weighted by Crippen LogP contribution is -2.21. The third kappa shape index (κ3) is 2.31. The SMILES string of the molecule is CCn1c(=O)c(-c2ccc(OC)cc2)cc2ccccc21. The van der Waals surface area contributed by atoms with Gasteiger partial charge >= 0.3 is 0 Å². The Hall–Kier alpha value is -2.55. The van der Waals surface area contributed by atoms with Gasteiger partial charge in [0.1, 0.15) is 5.75 Å². The second-order valence-electron chi connectivity index (χ2n) is 4.89. The van der Waals surface area contributed by atoms with Crippen molar-refractivity contribution in [3.05, 3.63) is 65.0 Å². The predicted molar refractivity (Wildman–Crippen MR) is 85.9 cm³/mol. The molecule has 0 aliphatic rings. The fourth-order valence-electron chi connectivity index (χ4n) is 2.62. The first kappa shape index (κ1) is 13.4. The normalized spacial score (nSPS) is 10.8. The van der Waals surface area contributed by atoms with Crippen LogP contribution in [0.4, 0.5) is 0 Å². The van der Waals surface area contributed by atoms with Crippen LogP contribution in [-0.2, 0) is 6.54 Å². The molecule has 0 unspecified atom stereocenters. The zero-order chi connectivity index (χ0) is 14.8. The summed E-state index contributed by atoms with van der Waals surface area (Å²) in [4.78, 5) is 12.7. The summed E-state index contributed by atoms with van der Waals surface area (Å²) in [5.74, 6) is 0.787. The highest BCUT2D eigenvalue weighted by molar-refractivity contribution is 5.84. The highest BCUT2D eigenvalue weighted by atomic mass is 16.5. The Balaban J connectivity index is 2.26. The molecular weight excluding hydrogens is 262 g/mol. The fraction of sp³-hybridized carbons (Fsp3) is 0.167. The summed E-state index contributed by atoms with van der Waals surface area (Å²) in [6.45, 7) is 2.65. The van der Waals surface area contributed by atoms with Crippen molar-refractivity contribution in [2.75, 3.05) is 7.11 Å². The zero-order valence-corrected chi connectivity index (χ0v) is 12.2. The van der Waals surface area contributed by atoms with Crippen LogP contribution < -0.4 is 10.3 Å². The van der Waals surface area contributed by atoms with Crippen LogP contribution in [-0.4, -0.2) is 11.7 Å². The van der Waals surface area contributed by atoms with E-state index in [1.807, 2.05) is 66.1 Å². The molecule has 0 saturated heterocycles. The Morgan fingerprint density at radius 3 is 2.43 bits per heavy atom. The van der Waals surface area contributed by atoms with Crippen LogP contribution >= 0.6 is 0 Å². The van der Waals surface area contributed by atoms with Crippen LogP contribution in [0, 0.1) is 0 Å². The Morgan fingerprint density at radius 1 is 1.05 bits per heavy atom. The van der Waals surface area contributed by atoms with Crippen molar-refractivity contribution < 1.29 is 4.74 Å². The molecule has 3 rings (SSSR count). The number of fused-ring (bicyclic) bond motifs is 1. The highest BCUT2D eigenvalue weighted by Gasteiger charge is 2.09. The molecular formula is C18H17NO2. The van der Waals surface area contributed by atoms with Crippen LogP contribution in [0.1, 0.15) is 6.92 Å². The number of aromatic nitrogens is 1. The molecule has 0 amide bonds. The van der Waals surface area contributed by atoms with Crippen molar-refractivity contribution >= 4 is 10.9 Å². The molecule has 21 heavy (non-hydrogen) atoms. The van der Waals surface area contributed by atoms with Crippen molar-refractivity contribution in [2.24, 2.45) is 0 Å². The number of benzene rings is 2. The summed E-state index contributed by atoms with van der Waals surface area (Å²) in [5.41, 5.74) is 2.65. The average Bonchev–Trinajstić information content (AvgIpc) is 2.54. The first-order chi connectivity index (χ1) is 10.2. The van der Waals surface area contributed by atoms with Gasteiger partial charge in [0.2, 0.25) is 0 Å². The minimum absolute atomic E-state index is 0.0429. The predicted octanol–water partition coefficient (Wildman–Crippen LogP) is 3.70. The first-order valence-electron chi connectivity index (χ1n) is 7.01. The summed E-state index contributed by atoms with van der Waals surface area (Å²) in [7, 11) is 1.63. The third-order valence-corrected chi connectivity index (χ3v) is 3.72. The van der Waals surface area contributed by atoms with Gasteiger partial charge in [-0.2, -0.15) is 0 Å². The zero-order valence-electron chi connectivity index (χ0n) is 12.2. The maximum absolute atomic E-state index is 12.7. The molecule has 0 atom stereocenters. The van der Waals surface area contributed by atoms with Gasteiger partial charge in [-0.15, -0.1) is 0 Å². The maximum atomic E-state index is 12.7. The summed E-state index contributed by atoms with van der Waals surface area (Å²) < 4.78 is 6.98. The molecule has 0 bridgehead atoms. The number of ether oxygens (including phenoxy) is 1. The number of para-hydroxylation sites is 1. The number of hydrogen-bond donors (Lipinski definition) is 0. The Labute approximate surface area is 123 Å². The van der Waals surface area contributed by atoms with Crippen molar-refractivity contribution in [3.63, 3.8) is 0 Å². The molecule has 2 aromatic carbocycles. The second kappa shape index (κ2) is 5.44. The minimum Gasteiger partial charge on any atom is -0.497 e. The number of pyridine rings is 1. The molecule has 0 fully saturated rings. The molecule has 3 nitrogen and oxygen atoms in total. The first-order valence-corrected chi connectivity index (χ1v) is 7.01. The highest BCUT2D eigenvalue weighted by Crippen LogP contribution is 2.23. The standard InChI is InChI=1S/C18H17NO2/c1-3-19-17-7-5-4-6-14(17)12-16(18(19)20)13-8-10-15(21-2)11-9-13/h4-12H,3H2,1-2H3. The van der Waals surface area contributed by atoms with Crippen LogP contribution in [0.5, 0.6) is 5.75 Å².